The van der Waals surface area contributed by atoms with Crippen LogP contribution < -0.4 is 10.6 Å². The number of aromatic carboxylic acids is 1. The average molecular weight is 661 g/mol. The second-order valence-corrected chi connectivity index (χ2v) is 17.5. The number of rotatable bonds is 11. The zero-order chi connectivity index (χ0) is 34.7. The molecule has 6 rings (SSSR count). The molecule has 0 amide bonds. The van der Waals surface area contributed by atoms with Gasteiger partial charge in [-0.15, -0.1) is 0 Å². The molecule has 48 heavy (non-hydrogen) atoms. The predicted octanol–water partition coefficient (Wildman–Crippen LogP) is 7.27. The van der Waals surface area contributed by atoms with Crippen molar-refractivity contribution in [1.82, 2.24) is 10.6 Å². The van der Waals surface area contributed by atoms with Gasteiger partial charge in [-0.05, 0) is 132 Å². The van der Waals surface area contributed by atoms with Crippen LogP contribution in [0.25, 0.3) is 5.57 Å². The summed E-state index contributed by atoms with van der Waals surface area (Å²) in [6, 6.07) is 7.46. The number of hydrogen-bond acceptors (Lipinski definition) is 5. The summed E-state index contributed by atoms with van der Waals surface area (Å²) in [7, 11) is 0. The van der Waals surface area contributed by atoms with Crippen molar-refractivity contribution in [3.05, 3.63) is 53.6 Å². The average Bonchev–Trinajstić information content (AvgIpc) is 3.44. The lowest BCUT2D eigenvalue weighted by molar-refractivity contribution is -0.227. The van der Waals surface area contributed by atoms with E-state index >= 15 is 0 Å². The zero-order valence-corrected chi connectivity index (χ0v) is 30.0. The fraction of sp³-hybridized carbons (Fsp3) is 0.707. The second-order valence-electron chi connectivity index (χ2n) is 17.5. The minimum atomic E-state index is -0.891. The van der Waals surface area contributed by atoms with Crippen LogP contribution in [0, 0.1) is 56.7 Å². The Morgan fingerprint density at radius 1 is 0.833 bits per heavy atom. The van der Waals surface area contributed by atoms with E-state index in [-0.39, 0.29) is 40.1 Å². The first-order chi connectivity index (χ1) is 22.7. The molecular formula is C41H60N2O5. The lowest BCUT2D eigenvalue weighted by atomic mass is 9.32. The van der Waals surface area contributed by atoms with Gasteiger partial charge in [0.25, 0.3) is 0 Å². The molecule has 5 N–H and O–H groups in total. The molecule has 9 atom stereocenters. The van der Waals surface area contributed by atoms with Crippen LogP contribution in [0.5, 0.6) is 0 Å². The minimum absolute atomic E-state index is 0.0449. The number of aliphatic hydroxyl groups is 1. The highest BCUT2D eigenvalue weighted by atomic mass is 16.4. The quantitative estimate of drug-likeness (QED) is 0.125. The number of allylic oxidation sites excluding steroid dienone is 2. The van der Waals surface area contributed by atoms with Crippen molar-refractivity contribution >= 4 is 17.5 Å². The third kappa shape index (κ3) is 5.24. The number of carbonyl (C=O) groups is 2. The molecule has 5 aliphatic rings. The SMILES string of the molecule is C=C(CNCCNCCO)C1CCC2(C(=O)O)CCC3(C)C(CCC4C5(C)CC=C(c6ccc(C(=O)O)cc6)C(C)(C)C5CCC43C)C12. The highest BCUT2D eigenvalue weighted by Gasteiger charge is 2.71. The van der Waals surface area contributed by atoms with E-state index in [1.807, 2.05) is 12.1 Å². The molecule has 0 spiro atoms. The monoisotopic (exact) mass is 660 g/mol. The van der Waals surface area contributed by atoms with Gasteiger partial charge >= 0.3 is 11.9 Å². The molecule has 1 aromatic carbocycles. The van der Waals surface area contributed by atoms with Gasteiger partial charge < -0.3 is 26.0 Å². The highest BCUT2D eigenvalue weighted by Crippen LogP contribution is 2.77. The number of nitrogens with one attached hydrogen (secondary N) is 2. The van der Waals surface area contributed by atoms with Crippen molar-refractivity contribution in [3.8, 4) is 0 Å². The van der Waals surface area contributed by atoms with E-state index in [1.54, 1.807) is 12.1 Å². The van der Waals surface area contributed by atoms with E-state index in [9.17, 15) is 19.8 Å². The van der Waals surface area contributed by atoms with E-state index in [0.29, 0.717) is 36.4 Å². The molecule has 9 unspecified atom stereocenters. The molecule has 0 bridgehead atoms. The summed E-state index contributed by atoms with van der Waals surface area (Å²) < 4.78 is 0. The van der Waals surface area contributed by atoms with Crippen molar-refractivity contribution in [2.24, 2.45) is 56.7 Å². The minimum Gasteiger partial charge on any atom is -0.481 e. The van der Waals surface area contributed by atoms with E-state index in [0.717, 1.165) is 70.0 Å². The lowest BCUT2D eigenvalue weighted by Gasteiger charge is -2.72. The van der Waals surface area contributed by atoms with Gasteiger partial charge in [0.05, 0.1) is 17.6 Å². The maximum absolute atomic E-state index is 13.2. The number of aliphatic hydroxyl groups excluding tert-OH is 1. The number of carboxylic acids is 2. The molecule has 5 aliphatic carbocycles. The molecule has 7 nitrogen and oxygen atoms in total. The Labute approximate surface area is 288 Å². The molecule has 7 heteroatoms. The number of hydrogen-bond donors (Lipinski definition) is 5. The highest BCUT2D eigenvalue weighted by molar-refractivity contribution is 5.88. The first-order valence-electron chi connectivity index (χ1n) is 18.6. The van der Waals surface area contributed by atoms with Gasteiger partial charge in [-0.1, -0.05) is 65.0 Å². The van der Waals surface area contributed by atoms with Crippen LogP contribution in [0.4, 0.5) is 0 Å². The van der Waals surface area contributed by atoms with Crippen molar-refractivity contribution in [2.75, 3.05) is 32.8 Å². The van der Waals surface area contributed by atoms with E-state index < -0.39 is 17.4 Å². The van der Waals surface area contributed by atoms with Crippen molar-refractivity contribution < 1.29 is 24.9 Å². The summed E-state index contributed by atoms with van der Waals surface area (Å²) in [5.41, 5.74) is 3.62. The van der Waals surface area contributed by atoms with E-state index in [4.69, 9.17) is 5.11 Å². The molecule has 4 saturated carbocycles. The summed E-state index contributed by atoms with van der Waals surface area (Å²) in [5.74, 6) is 0.319. The first kappa shape index (κ1) is 35.3. The van der Waals surface area contributed by atoms with Crippen LogP contribution in [-0.2, 0) is 4.79 Å². The van der Waals surface area contributed by atoms with Gasteiger partial charge in [-0.2, -0.15) is 0 Å². The summed E-state index contributed by atoms with van der Waals surface area (Å²) in [6.07, 6.45) is 11.5. The maximum atomic E-state index is 13.2. The Balaban J connectivity index is 1.28. The third-order valence-electron chi connectivity index (χ3n) is 15.5. The summed E-state index contributed by atoms with van der Waals surface area (Å²) >= 11 is 0. The van der Waals surface area contributed by atoms with E-state index in [1.165, 1.54) is 17.6 Å². The normalized spacial score (nSPS) is 39.7. The molecular weight excluding hydrogens is 600 g/mol. The van der Waals surface area contributed by atoms with Crippen LogP contribution in [0.3, 0.4) is 0 Å². The Kier molecular flexibility index (Phi) is 9.34. The summed E-state index contributed by atoms with van der Waals surface area (Å²) in [4.78, 5) is 24.8. The Bertz CT molecular complexity index is 1450. The standard InChI is InChI=1S/C41H60N2O5/c1-26(25-43-22-21-42-23-24-44)29-13-18-41(36(47)48)20-19-39(5)31(34(29)41)11-12-33-38(4)16-14-30(27-7-9-28(10-8-27)35(45)46)37(2,3)32(38)15-17-40(33,39)6/h7-10,14,29,31-34,42-44H,1,11-13,15-25H2,2-6H3,(H,45,46)(H,47,48). The Morgan fingerprint density at radius 2 is 1.54 bits per heavy atom. The Hall–Kier alpha value is -2.48. The van der Waals surface area contributed by atoms with Crippen molar-refractivity contribution in [3.63, 3.8) is 0 Å². The first-order valence-corrected chi connectivity index (χ1v) is 18.6. The van der Waals surface area contributed by atoms with Crippen LogP contribution >= 0.6 is 0 Å². The maximum Gasteiger partial charge on any atom is 0.335 e. The zero-order valence-electron chi connectivity index (χ0n) is 30.0. The van der Waals surface area contributed by atoms with Gasteiger partial charge in [-0.25, -0.2) is 4.79 Å². The molecule has 0 heterocycles. The largest absolute Gasteiger partial charge is 0.481 e. The van der Waals surface area contributed by atoms with Crippen LogP contribution in [0.2, 0.25) is 0 Å². The van der Waals surface area contributed by atoms with Gasteiger partial charge in [0.2, 0.25) is 0 Å². The van der Waals surface area contributed by atoms with Gasteiger partial charge in [-0.3, -0.25) is 4.79 Å². The van der Waals surface area contributed by atoms with Crippen LogP contribution in [-0.4, -0.2) is 60.0 Å². The third-order valence-corrected chi connectivity index (χ3v) is 15.5. The number of benzene rings is 1. The number of aliphatic carboxylic acids is 1. The second kappa shape index (κ2) is 12.7. The predicted molar refractivity (Wildman–Crippen MR) is 191 cm³/mol. The van der Waals surface area contributed by atoms with Crippen molar-refractivity contribution in [1.29, 1.82) is 0 Å². The molecule has 0 saturated heterocycles. The smallest absolute Gasteiger partial charge is 0.335 e. The molecule has 0 aromatic heterocycles. The Morgan fingerprint density at radius 3 is 2.21 bits per heavy atom. The molecule has 264 valence electrons. The topological polar surface area (TPSA) is 119 Å². The van der Waals surface area contributed by atoms with Crippen molar-refractivity contribution in [2.45, 2.75) is 92.4 Å². The summed E-state index contributed by atoms with van der Waals surface area (Å²) in [5, 5.41) is 36.1. The molecule has 0 aliphatic heterocycles. The number of fused-ring (bicyclic) bond motifs is 7. The molecule has 1 aromatic rings. The number of carboxylic acid groups (broad SMARTS) is 2. The molecule has 4 fully saturated rings. The van der Waals surface area contributed by atoms with Crippen LogP contribution in [0.15, 0.2) is 42.5 Å². The fourth-order valence-corrected chi connectivity index (χ4v) is 13.1. The van der Waals surface area contributed by atoms with Gasteiger partial charge in [0, 0.05) is 26.2 Å². The van der Waals surface area contributed by atoms with Gasteiger partial charge in [0.1, 0.15) is 0 Å². The molecule has 0 radical (unpaired) electrons. The summed E-state index contributed by atoms with van der Waals surface area (Å²) in [6.45, 7) is 20.1. The fourth-order valence-electron chi connectivity index (χ4n) is 13.1. The lowest BCUT2D eigenvalue weighted by Crippen LogP contribution is -2.66. The van der Waals surface area contributed by atoms with Crippen LogP contribution in [0.1, 0.15) is 108 Å². The van der Waals surface area contributed by atoms with Gasteiger partial charge in [0.15, 0.2) is 0 Å². The van der Waals surface area contributed by atoms with E-state index in [2.05, 4.69) is 57.9 Å².